The molecule has 0 unspecified atom stereocenters. The minimum absolute atomic E-state index is 0.164. The standard InChI is InChI=1S/C22H21N3O/c1-17(11-12-18-7-3-2-4-8-18)24-25-22(26)16-23-21-14-13-19-9-5-6-10-20(19)15-21/h2-15,23H,16H2,1H3,(H,25,26)/b12-11+,24-17-. The number of anilines is 1. The van der Waals surface area contributed by atoms with E-state index in [-0.39, 0.29) is 12.5 Å². The van der Waals surface area contributed by atoms with Crippen LogP contribution < -0.4 is 10.7 Å². The van der Waals surface area contributed by atoms with Crippen molar-refractivity contribution in [1.29, 1.82) is 0 Å². The van der Waals surface area contributed by atoms with Gasteiger partial charge in [-0.25, -0.2) is 5.43 Å². The molecule has 0 saturated heterocycles. The number of amides is 1. The molecule has 3 aromatic carbocycles. The average molecular weight is 343 g/mol. The Morgan fingerprint density at radius 2 is 1.69 bits per heavy atom. The molecule has 0 fully saturated rings. The Kier molecular flexibility index (Phi) is 5.78. The fraction of sp³-hybridized carbons (Fsp3) is 0.0909. The number of nitrogens with zero attached hydrogens (tertiary/aromatic N) is 1. The van der Waals surface area contributed by atoms with Crippen molar-refractivity contribution in [1.82, 2.24) is 5.43 Å². The van der Waals surface area contributed by atoms with Gasteiger partial charge in [-0.2, -0.15) is 5.10 Å². The summed E-state index contributed by atoms with van der Waals surface area (Å²) in [6, 6.07) is 24.1. The molecule has 3 aromatic rings. The van der Waals surface area contributed by atoms with E-state index in [0.717, 1.165) is 22.3 Å². The summed E-state index contributed by atoms with van der Waals surface area (Å²) in [6.07, 6.45) is 3.82. The molecule has 130 valence electrons. The van der Waals surface area contributed by atoms with Gasteiger partial charge < -0.3 is 5.32 Å². The third-order valence-electron chi connectivity index (χ3n) is 3.88. The predicted molar refractivity (Wildman–Crippen MR) is 109 cm³/mol. The molecule has 0 spiro atoms. The van der Waals surface area contributed by atoms with E-state index < -0.39 is 0 Å². The number of hydrazone groups is 1. The van der Waals surface area contributed by atoms with Crippen molar-refractivity contribution in [3.8, 4) is 0 Å². The van der Waals surface area contributed by atoms with Crippen molar-refractivity contribution in [2.24, 2.45) is 5.10 Å². The van der Waals surface area contributed by atoms with Crippen LogP contribution in [0.1, 0.15) is 12.5 Å². The average Bonchev–Trinajstić information content (AvgIpc) is 2.69. The van der Waals surface area contributed by atoms with Gasteiger partial charge in [0.2, 0.25) is 0 Å². The molecular formula is C22H21N3O. The van der Waals surface area contributed by atoms with Gasteiger partial charge in [0.15, 0.2) is 0 Å². The van der Waals surface area contributed by atoms with Gasteiger partial charge >= 0.3 is 0 Å². The number of fused-ring (bicyclic) bond motifs is 1. The molecule has 0 aliphatic heterocycles. The van der Waals surface area contributed by atoms with Crippen molar-refractivity contribution in [3.63, 3.8) is 0 Å². The summed E-state index contributed by atoms with van der Waals surface area (Å²) in [4.78, 5) is 12.0. The third-order valence-corrected chi connectivity index (χ3v) is 3.88. The Labute approximate surface area is 153 Å². The van der Waals surface area contributed by atoms with Crippen LogP contribution >= 0.6 is 0 Å². The molecule has 0 atom stereocenters. The van der Waals surface area contributed by atoms with E-state index in [2.05, 4.69) is 21.9 Å². The van der Waals surface area contributed by atoms with E-state index in [1.807, 2.05) is 85.8 Å². The molecule has 0 aliphatic rings. The van der Waals surface area contributed by atoms with E-state index in [1.54, 1.807) is 0 Å². The predicted octanol–water partition coefficient (Wildman–Crippen LogP) is 4.46. The van der Waals surface area contributed by atoms with Crippen molar-refractivity contribution < 1.29 is 4.79 Å². The van der Waals surface area contributed by atoms with E-state index in [0.29, 0.717) is 0 Å². The van der Waals surface area contributed by atoms with Crippen molar-refractivity contribution in [3.05, 3.63) is 84.4 Å². The Morgan fingerprint density at radius 1 is 0.962 bits per heavy atom. The topological polar surface area (TPSA) is 53.5 Å². The van der Waals surface area contributed by atoms with Crippen LogP contribution in [0.3, 0.4) is 0 Å². The Bertz CT molecular complexity index is 946. The summed E-state index contributed by atoms with van der Waals surface area (Å²) >= 11 is 0. The van der Waals surface area contributed by atoms with Gasteiger partial charge in [-0.05, 0) is 41.5 Å². The number of hydrogen-bond donors (Lipinski definition) is 2. The molecule has 0 saturated carbocycles. The van der Waals surface area contributed by atoms with Crippen LogP contribution in [-0.2, 0) is 4.79 Å². The minimum atomic E-state index is -0.189. The summed E-state index contributed by atoms with van der Waals surface area (Å²) < 4.78 is 0. The number of allylic oxidation sites excluding steroid dienone is 1. The number of rotatable bonds is 6. The fourth-order valence-corrected chi connectivity index (χ4v) is 2.49. The highest BCUT2D eigenvalue weighted by Gasteiger charge is 2.01. The number of nitrogens with one attached hydrogen (secondary N) is 2. The lowest BCUT2D eigenvalue weighted by molar-refractivity contribution is -0.119. The summed E-state index contributed by atoms with van der Waals surface area (Å²) in [5, 5.41) is 9.52. The second-order valence-electron chi connectivity index (χ2n) is 5.95. The van der Waals surface area contributed by atoms with Crippen LogP contribution in [-0.4, -0.2) is 18.2 Å². The molecule has 0 radical (unpaired) electrons. The minimum Gasteiger partial charge on any atom is -0.376 e. The maximum atomic E-state index is 12.0. The quantitative estimate of drug-likeness (QED) is 0.513. The van der Waals surface area contributed by atoms with Gasteiger partial charge in [0.1, 0.15) is 0 Å². The van der Waals surface area contributed by atoms with Crippen LogP contribution in [0.15, 0.2) is 84.0 Å². The first-order valence-corrected chi connectivity index (χ1v) is 8.50. The van der Waals surface area contributed by atoms with Crippen LogP contribution in [0.5, 0.6) is 0 Å². The monoisotopic (exact) mass is 343 g/mol. The summed E-state index contributed by atoms with van der Waals surface area (Å²) in [5.74, 6) is -0.189. The Morgan fingerprint density at radius 3 is 2.50 bits per heavy atom. The van der Waals surface area contributed by atoms with Crippen LogP contribution in [0.25, 0.3) is 16.8 Å². The highest BCUT2D eigenvalue weighted by atomic mass is 16.2. The first-order valence-electron chi connectivity index (χ1n) is 8.50. The van der Waals surface area contributed by atoms with Gasteiger partial charge in [-0.3, -0.25) is 4.79 Å². The van der Waals surface area contributed by atoms with Crippen molar-refractivity contribution in [2.45, 2.75) is 6.92 Å². The smallest absolute Gasteiger partial charge is 0.259 e. The SMILES string of the molecule is CC(/C=C/c1ccccc1)=N/NC(=O)CNc1ccc2ccccc2c1. The zero-order valence-corrected chi connectivity index (χ0v) is 14.6. The third kappa shape index (κ3) is 5.05. The molecule has 4 nitrogen and oxygen atoms in total. The van der Waals surface area contributed by atoms with Crippen LogP contribution in [0.2, 0.25) is 0 Å². The summed E-state index contributed by atoms with van der Waals surface area (Å²) in [5.41, 5.74) is 5.29. The van der Waals surface area contributed by atoms with Gasteiger partial charge in [-0.15, -0.1) is 0 Å². The first-order chi connectivity index (χ1) is 12.7. The van der Waals surface area contributed by atoms with E-state index >= 15 is 0 Å². The maximum Gasteiger partial charge on any atom is 0.259 e. The van der Waals surface area contributed by atoms with Gasteiger partial charge in [0, 0.05) is 5.69 Å². The molecule has 0 aliphatic carbocycles. The second kappa shape index (κ2) is 8.62. The van der Waals surface area contributed by atoms with Crippen LogP contribution in [0.4, 0.5) is 5.69 Å². The molecule has 0 bridgehead atoms. The van der Waals surface area contributed by atoms with Gasteiger partial charge in [0.25, 0.3) is 5.91 Å². The van der Waals surface area contributed by atoms with E-state index in [9.17, 15) is 4.79 Å². The highest BCUT2D eigenvalue weighted by molar-refractivity contribution is 5.97. The summed E-state index contributed by atoms with van der Waals surface area (Å²) in [7, 11) is 0. The number of benzene rings is 3. The molecule has 2 N–H and O–H groups in total. The number of hydrogen-bond acceptors (Lipinski definition) is 3. The zero-order chi connectivity index (χ0) is 18.2. The van der Waals surface area contributed by atoms with Crippen LogP contribution in [0, 0.1) is 0 Å². The molecule has 3 rings (SSSR count). The second-order valence-corrected chi connectivity index (χ2v) is 5.95. The molecular weight excluding hydrogens is 322 g/mol. The molecule has 0 heterocycles. The molecule has 1 amide bonds. The van der Waals surface area contributed by atoms with E-state index in [4.69, 9.17) is 0 Å². The lowest BCUT2D eigenvalue weighted by atomic mass is 10.1. The number of carbonyl (C=O) groups is 1. The Hall–Kier alpha value is -3.40. The molecule has 4 heteroatoms. The van der Waals surface area contributed by atoms with Gasteiger partial charge in [0.05, 0.1) is 12.3 Å². The molecule has 0 aromatic heterocycles. The van der Waals surface area contributed by atoms with Crippen molar-refractivity contribution in [2.75, 3.05) is 11.9 Å². The van der Waals surface area contributed by atoms with E-state index in [1.165, 1.54) is 5.39 Å². The normalized spacial score (nSPS) is 11.7. The highest BCUT2D eigenvalue weighted by Crippen LogP contribution is 2.18. The Balaban J connectivity index is 1.50. The molecule has 26 heavy (non-hydrogen) atoms. The number of carbonyl (C=O) groups excluding carboxylic acids is 1. The van der Waals surface area contributed by atoms with Crippen molar-refractivity contribution >= 4 is 34.2 Å². The van der Waals surface area contributed by atoms with Gasteiger partial charge in [-0.1, -0.05) is 66.7 Å². The largest absolute Gasteiger partial charge is 0.376 e. The zero-order valence-electron chi connectivity index (χ0n) is 14.6. The fourth-order valence-electron chi connectivity index (χ4n) is 2.49. The lowest BCUT2D eigenvalue weighted by Crippen LogP contribution is -2.26. The summed E-state index contributed by atoms with van der Waals surface area (Å²) in [6.45, 7) is 2.01. The lowest BCUT2D eigenvalue weighted by Gasteiger charge is -2.07. The maximum absolute atomic E-state index is 12.0. The first kappa shape index (κ1) is 17.4.